The van der Waals surface area contributed by atoms with Crippen molar-refractivity contribution in [2.75, 3.05) is 62.4 Å². The molecule has 0 aliphatic carbocycles. The Morgan fingerprint density at radius 2 is 1.02 bits per heavy atom. The maximum atomic E-state index is 8.52. The van der Waals surface area contributed by atoms with Crippen molar-refractivity contribution >= 4 is 66.1 Å². The van der Waals surface area contributed by atoms with Crippen molar-refractivity contribution < 1.29 is 36.1 Å². The molecule has 0 aliphatic rings. The highest BCUT2D eigenvalue weighted by Crippen LogP contribution is 2.24. The van der Waals surface area contributed by atoms with E-state index >= 15 is 0 Å². The highest BCUT2D eigenvalue weighted by molar-refractivity contribution is 7.79. The minimum atomic E-state index is -5.17. The predicted octanol–water partition coefficient (Wildman–Crippen LogP) is 5.34. The van der Waals surface area contributed by atoms with Gasteiger partial charge in [0, 0.05) is 58.7 Å². The van der Waals surface area contributed by atoms with Gasteiger partial charge in [-0.25, -0.2) is 9.13 Å². The van der Waals surface area contributed by atoms with E-state index < -0.39 is 10.4 Å². The average molecular weight is 705 g/mol. The van der Waals surface area contributed by atoms with Gasteiger partial charge in [-0.1, -0.05) is 0 Å². The topological polar surface area (TPSA) is 162 Å². The fourth-order valence-corrected chi connectivity index (χ4v) is 5.48. The minimum absolute atomic E-state index is 0.574. The van der Waals surface area contributed by atoms with Gasteiger partial charge in [0.25, 0.3) is 0 Å². The number of hydrogen-bond acceptors (Lipinski definition) is 14. The SMILES string of the molecule is CCN(CCOCCOCCN(CC)c1ccc(N=Nc2scc[n+]2C)cc1)c1ccc(N=Nc2scc[n+]2C)cc1.O=S(=O)([O-])[O-]. The van der Waals surface area contributed by atoms with E-state index in [1.54, 1.807) is 22.7 Å². The summed E-state index contributed by atoms with van der Waals surface area (Å²) in [7, 11) is -1.24. The molecule has 254 valence electrons. The van der Waals surface area contributed by atoms with Gasteiger partial charge in [0.15, 0.2) is 0 Å². The molecule has 0 spiro atoms. The van der Waals surface area contributed by atoms with Crippen LogP contribution >= 0.6 is 22.7 Å². The van der Waals surface area contributed by atoms with E-state index in [-0.39, 0.29) is 0 Å². The largest absolute Gasteiger partial charge is 0.759 e. The summed E-state index contributed by atoms with van der Waals surface area (Å²) in [6.45, 7) is 10.2. The van der Waals surface area contributed by atoms with Gasteiger partial charge in [0.2, 0.25) is 0 Å². The molecular weight excluding hydrogens is 665 g/mol. The summed E-state index contributed by atoms with van der Waals surface area (Å²) in [5, 5.41) is 23.1. The predicted molar refractivity (Wildman–Crippen MR) is 180 cm³/mol. The van der Waals surface area contributed by atoms with Gasteiger partial charge in [-0.15, -0.1) is 0 Å². The van der Waals surface area contributed by atoms with Crippen molar-refractivity contribution in [2.45, 2.75) is 13.8 Å². The Morgan fingerprint density at radius 3 is 1.32 bits per heavy atom. The molecule has 0 unspecified atom stereocenters. The van der Waals surface area contributed by atoms with Crippen LogP contribution in [-0.2, 0) is 34.0 Å². The van der Waals surface area contributed by atoms with Crippen LogP contribution in [0.15, 0.2) is 92.1 Å². The van der Waals surface area contributed by atoms with Crippen LogP contribution in [0.4, 0.5) is 33.0 Å². The lowest BCUT2D eigenvalue weighted by Gasteiger charge is -2.23. The van der Waals surface area contributed by atoms with E-state index in [0.29, 0.717) is 26.4 Å². The molecule has 2 aromatic carbocycles. The van der Waals surface area contributed by atoms with Gasteiger partial charge in [0.1, 0.15) is 23.8 Å². The third-order valence-electron chi connectivity index (χ3n) is 6.60. The number of thiazole rings is 2. The molecule has 47 heavy (non-hydrogen) atoms. The lowest BCUT2D eigenvalue weighted by Crippen LogP contribution is -2.28. The molecule has 0 radical (unpaired) electrons. The molecule has 0 amide bonds. The Hall–Kier alpha value is -3.71. The number of rotatable bonds is 17. The lowest BCUT2D eigenvalue weighted by atomic mass is 10.2. The van der Waals surface area contributed by atoms with E-state index in [0.717, 1.165) is 59.2 Å². The quantitative estimate of drug-likeness (QED) is 0.0468. The first-order valence-corrected chi connectivity index (χ1v) is 17.9. The normalized spacial score (nSPS) is 11.6. The molecule has 0 N–H and O–H groups in total. The maximum absolute atomic E-state index is 8.52. The van der Waals surface area contributed by atoms with Crippen molar-refractivity contribution in [3.63, 3.8) is 0 Å². The first-order chi connectivity index (χ1) is 22.6. The zero-order valence-electron chi connectivity index (χ0n) is 26.8. The van der Waals surface area contributed by atoms with E-state index in [9.17, 15) is 0 Å². The van der Waals surface area contributed by atoms with Crippen molar-refractivity contribution in [1.29, 1.82) is 0 Å². The molecule has 4 rings (SSSR count). The van der Waals surface area contributed by atoms with Crippen LogP contribution in [0, 0.1) is 0 Å². The number of anilines is 2. The third kappa shape index (κ3) is 14.3. The summed E-state index contributed by atoms with van der Waals surface area (Å²) in [6.07, 6.45) is 3.94. The molecule has 4 aromatic rings. The fourth-order valence-electron chi connectivity index (χ4n) is 4.12. The number of likely N-dealkylation sites (N-methyl/N-ethyl adjacent to an activating group) is 2. The number of aromatic nitrogens is 2. The molecule has 0 fully saturated rings. The molecule has 17 heteroatoms. The van der Waals surface area contributed by atoms with Crippen molar-refractivity contribution in [1.82, 2.24) is 0 Å². The van der Waals surface area contributed by atoms with Gasteiger partial charge in [-0.2, -0.15) is 0 Å². The van der Waals surface area contributed by atoms with Gasteiger partial charge >= 0.3 is 10.3 Å². The number of aryl methyl sites for hydroxylation is 2. The summed E-state index contributed by atoms with van der Waals surface area (Å²) in [5.41, 5.74) is 3.96. The molecule has 0 atom stereocenters. The van der Waals surface area contributed by atoms with Crippen LogP contribution in [0.1, 0.15) is 13.8 Å². The summed E-state index contributed by atoms with van der Waals surface area (Å²) < 4.78 is 49.7. The molecule has 14 nitrogen and oxygen atoms in total. The first-order valence-electron chi connectivity index (χ1n) is 14.8. The van der Waals surface area contributed by atoms with Crippen molar-refractivity contribution in [3.05, 3.63) is 71.7 Å². The van der Waals surface area contributed by atoms with E-state index in [1.807, 2.05) is 70.6 Å². The summed E-state index contributed by atoms with van der Waals surface area (Å²) in [5.74, 6) is 0. The second-order valence-electron chi connectivity index (χ2n) is 9.82. The zero-order valence-corrected chi connectivity index (χ0v) is 29.3. The van der Waals surface area contributed by atoms with Crippen LogP contribution in [-0.4, -0.2) is 70.1 Å². The van der Waals surface area contributed by atoms with Crippen LogP contribution in [0.5, 0.6) is 0 Å². The van der Waals surface area contributed by atoms with Gasteiger partial charge < -0.3 is 28.4 Å². The lowest BCUT2D eigenvalue weighted by molar-refractivity contribution is -0.654. The summed E-state index contributed by atoms with van der Waals surface area (Å²) >= 11 is 3.13. The van der Waals surface area contributed by atoms with Crippen LogP contribution in [0.3, 0.4) is 0 Å². The molecule has 0 bridgehead atoms. The number of azo groups is 2. The Balaban J connectivity index is 0.00000111. The molecular formula is C30H40N8O6S3. The number of benzene rings is 2. The Morgan fingerprint density at radius 1 is 0.660 bits per heavy atom. The second kappa shape index (κ2) is 19.8. The number of hydrogen-bond donors (Lipinski definition) is 0. The number of ether oxygens (including phenoxy) is 2. The third-order valence-corrected chi connectivity index (χ3v) is 8.27. The highest BCUT2D eigenvalue weighted by atomic mass is 32.3. The number of nitrogens with zero attached hydrogens (tertiary/aromatic N) is 8. The Bertz CT molecular complexity index is 1530. The zero-order chi connectivity index (χ0) is 34.1. The Kier molecular flexibility index (Phi) is 15.9. The van der Waals surface area contributed by atoms with E-state index in [4.69, 9.17) is 27.0 Å². The molecule has 0 saturated carbocycles. The van der Waals surface area contributed by atoms with Crippen LogP contribution < -0.4 is 18.9 Å². The van der Waals surface area contributed by atoms with E-state index in [2.05, 4.69) is 68.4 Å². The second-order valence-corrected chi connectivity index (χ2v) is 12.4. The average Bonchev–Trinajstić information content (AvgIpc) is 3.66. The van der Waals surface area contributed by atoms with Crippen molar-refractivity contribution in [3.8, 4) is 0 Å². The van der Waals surface area contributed by atoms with Crippen LogP contribution in [0.25, 0.3) is 0 Å². The van der Waals surface area contributed by atoms with Gasteiger partial charge in [-0.05, 0) is 95.3 Å². The summed E-state index contributed by atoms with van der Waals surface area (Å²) in [4.78, 5) is 4.57. The molecule has 2 heterocycles. The summed E-state index contributed by atoms with van der Waals surface area (Å²) in [6, 6.07) is 16.3. The molecule has 2 aromatic heterocycles. The van der Waals surface area contributed by atoms with E-state index in [1.165, 1.54) is 0 Å². The molecule has 0 aliphatic heterocycles. The highest BCUT2D eigenvalue weighted by Gasteiger charge is 2.10. The fraction of sp³-hybridized carbons (Fsp3) is 0.400. The Labute approximate surface area is 283 Å². The smallest absolute Gasteiger partial charge is 0.408 e. The maximum Gasteiger partial charge on any atom is 0.408 e. The first kappa shape index (κ1) is 37.7. The minimum Gasteiger partial charge on any atom is -0.759 e. The van der Waals surface area contributed by atoms with Crippen molar-refractivity contribution in [2.24, 2.45) is 34.6 Å². The monoisotopic (exact) mass is 704 g/mol. The van der Waals surface area contributed by atoms with Gasteiger partial charge in [-0.3, -0.25) is 8.42 Å². The standard InChI is InChI=1S/C30H40N8O2S2.H2O4S/c1-5-37(27-11-7-25(8-12-27)31-33-29-35(3)17-23-41-29)15-19-39-21-22-40-20-16-38(6-2)28-13-9-26(10-14-28)32-34-30-36(4)18-24-42-30;1-5(2,3)4/h7-14,17-18,23-24H,5-6,15-16,19-22H2,1-4H3;(H2,1,2,3,4)/q+2;/p-2. The van der Waals surface area contributed by atoms with Gasteiger partial charge in [0.05, 0.1) is 50.8 Å². The molecule has 0 saturated heterocycles. The van der Waals surface area contributed by atoms with Crippen LogP contribution in [0.2, 0.25) is 0 Å².